The van der Waals surface area contributed by atoms with Crippen molar-refractivity contribution in [1.29, 1.82) is 0 Å². The highest BCUT2D eigenvalue weighted by Crippen LogP contribution is 2.25. The van der Waals surface area contributed by atoms with E-state index >= 15 is 0 Å². The van der Waals surface area contributed by atoms with Gasteiger partial charge in [-0.25, -0.2) is 0 Å². The summed E-state index contributed by atoms with van der Waals surface area (Å²) in [5.41, 5.74) is 2.00. The fourth-order valence-electron chi connectivity index (χ4n) is 1.87. The molecule has 0 spiro atoms. The van der Waals surface area contributed by atoms with Crippen molar-refractivity contribution in [3.63, 3.8) is 0 Å². The average Bonchev–Trinajstić information content (AvgIpc) is 2.94. The van der Waals surface area contributed by atoms with Crippen molar-refractivity contribution in [3.8, 4) is 11.5 Å². The quantitative estimate of drug-likeness (QED) is 0.793. The number of hydrogen-bond donors (Lipinski definition) is 1. The Morgan fingerprint density at radius 2 is 2.09 bits per heavy atom. The summed E-state index contributed by atoms with van der Waals surface area (Å²) in [7, 11) is 0. The molecule has 2 aromatic rings. The van der Waals surface area contributed by atoms with Crippen LogP contribution in [0.3, 0.4) is 0 Å². The first-order valence-corrected chi connectivity index (χ1v) is 8.34. The van der Waals surface area contributed by atoms with E-state index in [2.05, 4.69) is 29.4 Å². The summed E-state index contributed by atoms with van der Waals surface area (Å²) in [6, 6.07) is 7.83. The van der Waals surface area contributed by atoms with Crippen molar-refractivity contribution in [3.05, 3.63) is 29.8 Å². The standard InChI is InChI=1S/C16H21N3O2S/c1-11(2)8-9-17-14(20)10-22-16-19-18-15(21-16)13-7-5-4-6-12(13)3/h4-7,11H,8-10H2,1-3H3,(H,17,20). The minimum Gasteiger partial charge on any atom is -0.411 e. The zero-order valence-corrected chi connectivity index (χ0v) is 13.9. The molecule has 1 aromatic carbocycles. The zero-order chi connectivity index (χ0) is 15.9. The molecule has 6 heteroatoms. The van der Waals surface area contributed by atoms with Crippen LogP contribution in [-0.4, -0.2) is 28.4 Å². The van der Waals surface area contributed by atoms with Crippen LogP contribution in [-0.2, 0) is 4.79 Å². The first-order valence-electron chi connectivity index (χ1n) is 7.35. The van der Waals surface area contributed by atoms with Gasteiger partial charge in [-0.3, -0.25) is 4.79 Å². The molecule has 0 radical (unpaired) electrons. The third-order valence-electron chi connectivity index (χ3n) is 3.15. The fourth-order valence-corrected chi connectivity index (χ4v) is 2.46. The van der Waals surface area contributed by atoms with Gasteiger partial charge in [0.15, 0.2) is 0 Å². The highest BCUT2D eigenvalue weighted by atomic mass is 32.2. The van der Waals surface area contributed by atoms with Crippen LogP contribution in [0, 0.1) is 12.8 Å². The Morgan fingerprint density at radius 3 is 2.82 bits per heavy atom. The van der Waals surface area contributed by atoms with Crippen molar-refractivity contribution < 1.29 is 9.21 Å². The molecule has 2 rings (SSSR count). The van der Waals surface area contributed by atoms with Gasteiger partial charge in [-0.05, 0) is 30.9 Å². The summed E-state index contributed by atoms with van der Waals surface area (Å²) in [6.45, 7) is 6.96. The van der Waals surface area contributed by atoms with Crippen LogP contribution in [0.5, 0.6) is 0 Å². The lowest BCUT2D eigenvalue weighted by Crippen LogP contribution is -2.26. The lowest BCUT2D eigenvalue weighted by atomic mass is 10.1. The molecule has 0 aliphatic carbocycles. The number of benzene rings is 1. The molecule has 0 saturated carbocycles. The van der Waals surface area contributed by atoms with Gasteiger partial charge >= 0.3 is 0 Å². The summed E-state index contributed by atoms with van der Waals surface area (Å²) in [4.78, 5) is 11.7. The number of hydrogen-bond acceptors (Lipinski definition) is 5. The van der Waals surface area contributed by atoms with E-state index < -0.39 is 0 Å². The monoisotopic (exact) mass is 319 g/mol. The highest BCUT2D eigenvalue weighted by Gasteiger charge is 2.12. The number of carbonyl (C=O) groups is 1. The van der Waals surface area contributed by atoms with Gasteiger partial charge in [0.25, 0.3) is 5.22 Å². The molecular weight excluding hydrogens is 298 g/mol. The maximum absolute atomic E-state index is 11.7. The van der Waals surface area contributed by atoms with Crippen LogP contribution < -0.4 is 5.32 Å². The Balaban J connectivity index is 1.85. The molecular formula is C16H21N3O2S. The first kappa shape index (κ1) is 16.5. The molecule has 1 N–H and O–H groups in total. The van der Waals surface area contributed by atoms with E-state index in [-0.39, 0.29) is 11.7 Å². The Hall–Kier alpha value is -1.82. The number of nitrogens with zero attached hydrogens (tertiary/aromatic N) is 2. The molecule has 5 nitrogen and oxygen atoms in total. The molecule has 0 fully saturated rings. The van der Waals surface area contributed by atoms with Crippen molar-refractivity contribution in [2.24, 2.45) is 5.92 Å². The maximum Gasteiger partial charge on any atom is 0.277 e. The molecule has 0 aliphatic heterocycles. The smallest absolute Gasteiger partial charge is 0.277 e. The lowest BCUT2D eigenvalue weighted by molar-refractivity contribution is -0.118. The average molecular weight is 319 g/mol. The molecule has 0 atom stereocenters. The van der Waals surface area contributed by atoms with Gasteiger partial charge in [0.05, 0.1) is 5.75 Å². The Bertz CT molecular complexity index is 625. The minimum atomic E-state index is -0.0127. The molecule has 1 amide bonds. The maximum atomic E-state index is 11.7. The van der Waals surface area contributed by atoms with Gasteiger partial charge < -0.3 is 9.73 Å². The van der Waals surface area contributed by atoms with Gasteiger partial charge in [0.2, 0.25) is 11.8 Å². The van der Waals surface area contributed by atoms with E-state index in [1.54, 1.807) is 0 Å². The number of aromatic nitrogens is 2. The zero-order valence-electron chi connectivity index (χ0n) is 13.1. The topological polar surface area (TPSA) is 68.0 Å². The fraction of sp³-hybridized carbons (Fsp3) is 0.438. The molecule has 118 valence electrons. The van der Waals surface area contributed by atoms with Gasteiger partial charge in [-0.15, -0.1) is 10.2 Å². The van der Waals surface area contributed by atoms with Gasteiger partial charge in [-0.2, -0.15) is 0 Å². The third-order valence-corrected chi connectivity index (χ3v) is 3.97. The first-order chi connectivity index (χ1) is 10.6. The SMILES string of the molecule is Cc1ccccc1-c1nnc(SCC(=O)NCCC(C)C)o1. The summed E-state index contributed by atoms with van der Waals surface area (Å²) < 4.78 is 5.60. The van der Waals surface area contributed by atoms with Crippen molar-refractivity contribution in [2.45, 2.75) is 32.4 Å². The van der Waals surface area contributed by atoms with E-state index in [4.69, 9.17) is 4.42 Å². The molecule has 0 aliphatic rings. The highest BCUT2D eigenvalue weighted by molar-refractivity contribution is 7.99. The Morgan fingerprint density at radius 1 is 1.32 bits per heavy atom. The van der Waals surface area contributed by atoms with E-state index in [1.807, 2.05) is 31.2 Å². The normalized spacial score (nSPS) is 10.9. The summed E-state index contributed by atoms with van der Waals surface area (Å²) in [5, 5.41) is 11.3. The number of thioether (sulfide) groups is 1. The second kappa shape index (κ2) is 7.98. The van der Waals surface area contributed by atoms with E-state index in [9.17, 15) is 4.79 Å². The predicted octanol–water partition coefficient (Wildman–Crippen LogP) is 3.30. The van der Waals surface area contributed by atoms with Crippen LogP contribution in [0.15, 0.2) is 33.9 Å². The van der Waals surface area contributed by atoms with Crippen LogP contribution in [0.25, 0.3) is 11.5 Å². The van der Waals surface area contributed by atoms with Gasteiger partial charge in [0, 0.05) is 12.1 Å². The number of nitrogens with one attached hydrogen (secondary N) is 1. The summed E-state index contributed by atoms with van der Waals surface area (Å²) >= 11 is 1.26. The van der Waals surface area contributed by atoms with Crippen LogP contribution in [0.1, 0.15) is 25.8 Å². The number of aryl methyl sites for hydroxylation is 1. The number of carbonyl (C=O) groups excluding carboxylic acids is 1. The lowest BCUT2D eigenvalue weighted by Gasteiger charge is -2.05. The molecule has 0 unspecified atom stereocenters. The third kappa shape index (κ3) is 4.87. The largest absolute Gasteiger partial charge is 0.411 e. The minimum absolute atomic E-state index is 0.0127. The van der Waals surface area contributed by atoms with Crippen LogP contribution >= 0.6 is 11.8 Å². The van der Waals surface area contributed by atoms with Crippen molar-refractivity contribution in [1.82, 2.24) is 15.5 Å². The van der Waals surface area contributed by atoms with Crippen molar-refractivity contribution >= 4 is 17.7 Å². The summed E-state index contributed by atoms with van der Waals surface area (Å²) in [6.07, 6.45) is 0.981. The molecule has 0 bridgehead atoms. The Kier molecular flexibility index (Phi) is 6.00. The van der Waals surface area contributed by atoms with E-state index in [0.717, 1.165) is 17.5 Å². The molecule has 0 saturated heterocycles. The van der Waals surface area contributed by atoms with E-state index in [1.165, 1.54) is 11.8 Å². The summed E-state index contributed by atoms with van der Waals surface area (Å²) in [5.74, 6) is 1.34. The number of rotatable bonds is 7. The van der Waals surface area contributed by atoms with E-state index in [0.29, 0.717) is 23.6 Å². The van der Waals surface area contributed by atoms with Gasteiger partial charge in [-0.1, -0.05) is 43.8 Å². The molecule has 1 heterocycles. The molecule has 22 heavy (non-hydrogen) atoms. The van der Waals surface area contributed by atoms with Crippen LogP contribution in [0.4, 0.5) is 0 Å². The van der Waals surface area contributed by atoms with Crippen molar-refractivity contribution in [2.75, 3.05) is 12.3 Å². The predicted molar refractivity (Wildman–Crippen MR) is 87.7 cm³/mol. The van der Waals surface area contributed by atoms with Gasteiger partial charge in [0.1, 0.15) is 0 Å². The second-order valence-electron chi connectivity index (χ2n) is 5.51. The number of amides is 1. The Labute approximate surface area is 134 Å². The van der Waals surface area contributed by atoms with Crippen LogP contribution in [0.2, 0.25) is 0 Å². The second-order valence-corrected chi connectivity index (χ2v) is 6.44. The molecule has 1 aromatic heterocycles.